The lowest BCUT2D eigenvalue weighted by Crippen LogP contribution is -2.35. The molecule has 0 radical (unpaired) electrons. The SMILES string of the molecule is CC(=N)n1cc(CN(C)C(=O)c2ccc(C[C@@H]3CC[C@H]([C@H](O)c4ccc(Cl)nc4)N3)cc2)ccc1=N. The molecule has 4 rings (SSSR count). The van der Waals surface area contributed by atoms with Crippen LogP contribution in [0.25, 0.3) is 0 Å². The Morgan fingerprint density at radius 2 is 1.92 bits per heavy atom. The zero-order valence-electron chi connectivity index (χ0n) is 20.4. The second kappa shape index (κ2) is 11.2. The summed E-state index contributed by atoms with van der Waals surface area (Å²) < 4.78 is 1.48. The van der Waals surface area contributed by atoms with E-state index in [9.17, 15) is 9.90 Å². The normalized spacial score (nSPS) is 18.1. The van der Waals surface area contributed by atoms with Crippen molar-refractivity contribution in [1.82, 2.24) is 19.8 Å². The number of carbonyl (C=O) groups excluding carboxylic acids is 1. The Kier molecular flexibility index (Phi) is 7.98. The first kappa shape index (κ1) is 25.8. The molecule has 2 aromatic heterocycles. The third-order valence-electron chi connectivity index (χ3n) is 6.57. The van der Waals surface area contributed by atoms with E-state index in [2.05, 4.69) is 10.3 Å². The van der Waals surface area contributed by atoms with Gasteiger partial charge in [0.25, 0.3) is 5.91 Å². The number of nitrogens with zero attached hydrogens (tertiary/aromatic N) is 3. The number of pyridine rings is 2. The van der Waals surface area contributed by atoms with Gasteiger partial charge in [0, 0.05) is 49.2 Å². The Hall–Kier alpha value is -3.33. The largest absolute Gasteiger partial charge is 0.387 e. The molecule has 1 aliphatic heterocycles. The molecule has 0 bridgehead atoms. The summed E-state index contributed by atoms with van der Waals surface area (Å²) >= 11 is 5.85. The molecule has 0 spiro atoms. The van der Waals surface area contributed by atoms with Crippen molar-refractivity contribution in [3.63, 3.8) is 0 Å². The number of aliphatic hydroxyl groups is 1. The molecule has 3 aromatic rings. The van der Waals surface area contributed by atoms with Gasteiger partial charge in [-0.1, -0.05) is 35.9 Å². The van der Waals surface area contributed by atoms with Crippen molar-refractivity contribution in [3.8, 4) is 0 Å². The maximum Gasteiger partial charge on any atom is 0.253 e. The average Bonchev–Trinajstić information content (AvgIpc) is 3.33. The van der Waals surface area contributed by atoms with Crippen LogP contribution in [-0.2, 0) is 13.0 Å². The summed E-state index contributed by atoms with van der Waals surface area (Å²) in [6, 6.07) is 14.8. The Balaban J connectivity index is 1.33. The first-order valence-electron chi connectivity index (χ1n) is 11.9. The summed E-state index contributed by atoms with van der Waals surface area (Å²) in [5.41, 5.74) is 3.57. The molecule has 36 heavy (non-hydrogen) atoms. The van der Waals surface area contributed by atoms with E-state index in [0.717, 1.165) is 36.0 Å². The number of amides is 1. The number of rotatable bonds is 7. The fourth-order valence-corrected chi connectivity index (χ4v) is 4.72. The van der Waals surface area contributed by atoms with Crippen molar-refractivity contribution in [2.75, 3.05) is 7.05 Å². The van der Waals surface area contributed by atoms with E-state index < -0.39 is 6.10 Å². The maximum absolute atomic E-state index is 13.0. The second-order valence-corrected chi connectivity index (χ2v) is 9.73. The van der Waals surface area contributed by atoms with E-state index in [4.69, 9.17) is 22.4 Å². The van der Waals surface area contributed by atoms with Crippen molar-refractivity contribution in [1.29, 1.82) is 10.8 Å². The molecular formula is C27H31ClN6O2. The maximum atomic E-state index is 13.0. The molecule has 188 valence electrons. The minimum Gasteiger partial charge on any atom is -0.387 e. The minimum absolute atomic E-state index is 0.0355. The third-order valence-corrected chi connectivity index (χ3v) is 6.79. The summed E-state index contributed by atoms with van der Waals surface area (Å²) in [4.78, 5) is 18.6. The monoisotopic (exact) mass is 506 g/mol. The molecule has 1 amide bonds. The molecule has 0 unspecified atom stereocenters. The molecule has 3 heterocycles. The van der Waals surface area contributed by atoms with E-state index in [1.807, 2.05) is 24.3 Å². The molecule has 1 aliphatic rings. The molecule has 1 aromatic carbocycles. The molecule has 1 fully saturated rings. The Labute approximate surface area is 215 Å². The lowest BCUT2D eigenvalue weighted by atomic mass is 10.0. The van der Waals surface area contributed by atoms with Crippen LogP contribution in [0.1, 0.15) is 52.9 Å². The molecular weight excluding hydrogens is 476 g/mol. The van der Waals surface area contributed by atoms with Crippen molar-refractivity contribution in [2.45, 2.75) is 50.9 Å². The lowest BCUT2D eigenvalue weighted by Gasteiger charge is -2.20. The summed E-state index contributed by atoms with van der Waals surface area (Å²) in [5.74, 6) is 0.166. The summed E-state index contributed by atoms with van der Waals surface area (Å²) in [5, 5.41) is 30.3. The number of nitrogens with one attached hydrogen (secondary N) is 3. The van der Waals surface area contributed by atoms with Gasteiger partial charge < -0.3 is 15.3 Å². The van der Waals surface area contributed by atoms with Crippen LogP contribution < -0.4 is 10.8 Å². The Morgan fingerprint density at radius 3 is 2.58 bits per heavy atom. The second-order valence-electron chi connectivity index (χ2n) is 9.35. The predicted molar refractivity (Wildman–Crippen MR) is 139 cm³/mol. The van der Waals surface area contributed by atoms with Gasteiger partial charge in [0.15, 0.2) is 0 Å². The number of aromatic nitrogens is 2. The summed E-state index contributed by atoms with van der Waals surface area (Å²) in [6.07, 6.45) is 5.35. The highest BCUT2D eigenvalue weighted by atomic mass is 35.5. The quantitative estimate of drug-likeness (QED) is 0.223. The predicted octanol–water partition coefficient (Wildman–Crippen LogP) is 3.53. The number of benzene rings is 1. The molecule has 3 atom stereocenters. The smallest absolute Gasteiger partial charge is 0.253 e. The van der Waals surface area contributed by atoms with Gasteiger partial charge in [0.05, 0.1) is 6.10 Å². The first-order chi connectivity index (χ1) is 17.2. The van der Waals surface area contributed by atoms with E-state index in [1.165, 1.54) is 4.57 Å². The van der Waals surface area contributed by atoms with Crippen molar-refractivity contribution in [3.05, 3.63) is 93.8 Å². The fraction of sp³-hybridized carbons (Fsp3) is 0.333. The van der Waals surface area contributed by atoms with Crippen LogP contribution >= 0.6 is 11.6 Å². The average molecular weight is 507 g/mol. The Morgan fingerprint density at radius 1 is 1.19 bits per heavy atom. The standard InChI is InChI=1S/C27H31ClN6O2/c1-17(29)34-16-19(5-12-25(34)30)15-33(2)27(36)20-6-3-18(4-7-20)13-22-9-10-23(32-22)26(35)21-8-11-24(28)31-14-21/h3-8,11-12,14,16,22-23,26,29-30,32,35H,9-10,13,15H2,1-2H3/t22-,23+,26+/m0/s1. The van der Waals surface area contributed by atoms with Crippen LogP contribution in [0.15, 0.2) is 60.9 Å². The van der Waals surface area contributed by atoms with Crippen LogP contribution in [0.3, 0.4) is 0 Å². The molecule has 1 saturated heterocycles. The van der Waals surface area contributed by atoms with Crippen LogP contribution in [0, 0.1) is 10.8 Å². The highest BCUT2D eigenvalue weighted by molar-refractivity contribution is 6.29. The van der Waals surface area contributed by atoms with Crippen molar-refractivity contribution in [2.24, 2.45) is 0 Å². The molecule has 0 saturated carbocycles. The number of hydrogen-bond acceptors (Lipinski definition) is 6. The first-order valence-corrected chi connectivity index (χ1v) is 12.3. The highest BCUT2D eigenvalue weighted by Crippen LogP contribution is 2.27. The van der Waals surface area contributed by atoms with Gasteiger partial charge >= 0.3 is 0 Å². The van der Waals surface area contributed by atoms with Gasteiger partial charge in [0.1, 0.15) is 16.5 Å². The molecule has 4 N–H and O–H groups in total. The van der Waals surface area contributed by atoms with Crippen LogP contribution in [0.2, 0.25) is 5.15 Å². The van der Waals surface area contributed by atoms with Gasteiger partial charge in [-0.15, -0.1) is 0 Å². The third kappa shape index (κ3) is 6.07. The van der Waals surface area contributed by atoms with Gasteiger partial charge in [0.2, 0.25) is 0 Å². The molecule has 0 aliphatic carbocycles. The van der Waals surface area contributed by atoms with Crippen LogP contribution in [-0.4, -0.2) is 50.4 Å². The van der Waals surface area contributed by atoms with Crippen LogP contribution in [0.4, 0.5) is 0 Å². The highest BCUT2D eigenvalue weighted by Gasteiger charge is 2.30. The van der Waals surface area contributed by atoms with E-state index in [1.54, 1.807) is 55.5 Å². The van der Waals surface area contributed by atoms with Crippen molar-refractivity contribution >= 4 is 23.3 Å². The number of halogens is 1. The zero-order valence-corrected chi connectivity index (χ0v) is 21.2. The summed E-state index contributed by atoms with van der Waals surface area (Å²) in [7, 11) is 1.75. The van der Waals surface area contributed by atoms with Gasteiger partial charge in [-0.3, -0.25) is 20.2 Å². The molecule has 9 heteroatoms. The number of aliphatic hydroxyl groups excluding tert-OH is 1. The molecule has 8 nitrogen and oxygen atoms in total. The van der Waals surface area contributed by atoms with Gasteiger partial charge in [-0.05, 0) is 61.6 Å². The number of hydrogen-bond donors (Lipinski definition) is 4. The van der Waals surface area contributed by atoms with Gasteiger partial charge in [-0.25, -0.2) is 4.98 Å². The van der Waals surface area contributed by atoms with Gasteiger partial charge in [-0.2, -0.15) is 0 Å². The van der Waals surface area contributed by atoms with E-state index in [0.29, 0.717) is 17.3 Å². The number of carbonyl (C=O) groups is 1. The fourth-order valence-electron chi connectivity index (χ4n) is 4.60. The van der Waals surface area contributed by atoms with Crippen LogP contribution in [0.5, 0.6) is 0 Å². The zero-order chi connectivity index (χ0) is 25.8. The topological polar surface area (TPSA) is 118 Å². The van der Waals surface area contributed by atoms with E-state index >= 15 is 0 Å². The van der Waals surface area contributed by atoms with E-state index in [-0.39, 0.29) is 29.3 Å². The Bertz CT molecular complexity index is 1290. The minimum atomic E-state index is -0.634. The lowest BCUT2D eigenvalue weighted by molar-refractivity contribution is 0.0785. The summed E-state index contributed by atoms with van der Waals surface area (Å²) in [6.45, 7) is 2.01. The van der Waals surface area contributed by atoms with Crippen molar-refractivity contribution < 1.29 is 9.90 Å².